The number of carbonyl (C=O) groups excluding carboxylic acids is 1. The maximum Gasteiger partial charge on any atom is 0.410 e. The summed E-state index contributed by atoms with van der Waals surface area (Å²) >= 11 is 0. The number of likely N-dealkylation sites (N-methyl/N-ethyl adjacent to an activating group) is 1. The molecule has 1 aliphatic rings. The number of nitrogens with zero attached hydrogens (tertiary/aromatic N) is 1. The number of likely N-dealkylation sites (tertiary alicyclic amines) is 1. The van der Waals surface area contributed by atoms with Gasteiger partial charge in [0.2, 0.25) is 0 Å². The lowest BCUT2D eigenvalue weighted by atomic mass is 9.99. The number of ether oxygens (including phenoxy) is 1. The van der Waals surface area contributed by atoms with Gasteiger partial charge in [-0.15, -0.1) is 0 Å². The molecule has 1 heterocycles. The summed E-state index contributed by atoms with van der Waals surface area (Å²) in [5.41, 5.74) is -0.0684. The highest BCUT2D eigenvalue weighted by Gasteiger charge is 2.39. The van der Waals surface area contributed by atoms with E-state index in [-0.39, 0.29) is 11.6 Å². The van der Waals surface area contributed by atoms with Crippen LogP contribution in [0.2, 0.25) is 0 Å². The van der Waals surface area contributed by atoms with Crippen LogP contribution >= 0.6 is 0 Å². The van der Waals surface area contributed by atoms with Crippen LogP contribution < -0.4 is 5.32 Å². The highest BCUT2D eigenvalue weighted by atomic mass is 16.6. The van der Waals surface area contributed by atoms with E-state index in [0.29, 0.717) is 6.61 Å². The van der Waals surface area contributed by atoms with Crippen LogP contribution in [0.4, 0.5) is 4.79 Å². The van der Waals surface area contributed by atoms with E-state index in [1.54, 1.807) is 0 Å². The van der Waals surface area contributed by atoms with Gasteiger partial charge in [0.1, 0.15) is 0 Å². The van der Waals surface area contributed by atoms with Gasteiger partial charge >= 0.3 is 6.09 Å². The third kappa shape index (κ3) is 2.18. The van der Waals surface area contributed by atoms with Crippen LogP contribution in [0.1, 0.15) is 26.7 Å². The van der Waals surface area contributed by atoms with Gasteiger partial charge in [0, 0.05) is 13.1 Å². The lowest BCUT2D eigenvalue weighted by Gasteiger charge is -2.34. The molecule has 4 nitrogen and oxygen atoms in total. The Kier molecular flexibility index (Phi) is 3.75. The van der Waals surface area contributed by atoms with Gasteiger partial charge in [-0.25, -0.2) is 4.79 Å². The Hall–Kier alpha value is -0.770. The lowest BCUT2D eigenvalue weighted by molar-refractivity contribution is 0.0794. The van der Waals surface area contributed by atoms with E-state index >= 15 is 0 Å². The number of rotatable bonds is 3. The lowest BCUT2D eigenvalue weighted by Crippen LogP contribution is -2.50. The average Bonchev–Trinajstić information content (AvgIpc) is 2.48. The zero-order valence-corrected chi connectivity index (χ0v) is 9.30. The van der Waals surface area contributed by atoms with Gasteiger partial charge in [0.15, 0.2) is 0 Å². The van der Waals surface area contributed by atoms with Crippen molar-refractivity contribution in [1.82, 2.24) is 10.2 Å². The zero-order valence-electron chi connectivity index (χ0n) is 9.30. The Morgan fingerprint density at radius 1 is 1.64 bits per heavy atom. The molecular weight excluding hydrogens is 180 g/mol. The summed E-state index contributed by atoms with van der Waals surface area (Å²) in [6.45, 7) is 6.03. The fraction of sp³-hybridized carbons (Fsp3) is 0.900. The summed E-state index contributed by atoms with van der Waals surface area (Å²) in [5.74, 6) is 0. The van der Waals surface area contributed by atoms with Gasteiger partial charge in [-0.05, 0) is 33.7 Å². The van der Waals surface area contributed by atoms with Gasteiger partial charge in [-0.3, -0.25) is 0 Å². The largest absolute Gasteiger partial charge is 0.450 e. The molecule has 1 atom stereocenters. The van der Waals surface area contributed by atoms with Gasteiger partial charge in [0.05, 0.1) is 12.1 Å². The minimum Gasteiger partial charge on any atom is -0.450 e. The molecule has 1 amide bonds. The van der Waals surface area contributed by atoms with Crippen molar-refractivity contribution < 1.29 is 9.53 Å². The first kappa shape index (κ1) is 11.3. The number of hydrogen-bond acceptors (Lipinski definition) is 3. The van der Waals surface area contributed by atoms with Crippen molar-refractivity contribution in [3.05, 3.63) is 0 Å². The van der Waals surface area contributed by atoms with Crippen LogP contribution in [0.3, 0.4) is 0 Å². The highest BCUT2D eigenvalue weighted by molar-refractivity contribution is 5.69. The number of carbonyl (C=O) groups is 1. The first-order valence-corrected chi connectivity index (χ1v) is 5.23. The Morgan fingerprint density at radius 3 is 2.93 bits per heavy atom. The van der Waals surface area contributed by atoms with Gasteiger partial charge in [-0.1, -0.05) is 0 Å². The van der Waals surface area contributed by atoms with Crippen molar-refractivity contribution >= 4 is 6.09 Å². The maximum atomic E-state index is 11.6. The second kappa shape index (κ2) is 4.64. The highest BCUT2D eigenvalue weighted by Crippen LogP contribution is 2.28. The van der Waals surface area contributed by atoms with E-state index in [1.165, 1.54) is 0 Å². The van der Waals surface area contributed by atoms with E-state index in [9.17, 15) is 4.79 Å². The molecule has 0 radical (unpaired) electrons. The molecule has 82 valence electrons. The fourth-order valence-electron chi connectivity index (χ4n) is 2.10. The summed E-state index contributed by atoms with van der Waals surface area (Å²) < 4.78 is 5.03. The SMILES string of the molecule is CCOC(=O)N1CCCC1(C)CNC. The van der Waals surface area contributed by atoms with Gasteiger partial charge in [-0.2, -0.15) is 0 Å². The Labute approximate surface area is 85.6 Å². The Bertz CT molecular complexity index is 208. The van der Waals surface area contributed by atoms with E-state index < -0.39 is 0 Å². The second-order valence-electron chi connectivity index (χ2n) is 3.98. The fourth-order valence-corrected chi connectivity index (χ4v) is 2.10. The molecule has 0 bridgehead atoms. The van der Waals surface area contributed by atoms with Crippen molar-refractivity contribution in [2.24, 2.45) is 0 Å². The predicted octanol–water partition coefficient (Wildman–Crippen LogP) is 1.22. The van der Waals surface area contributed by atoms with Crippen molar-refractivity contribution in [1.29, 1.82) is 0 Å². The second-order valence-corrected chi connectivity index (χ2v) is 3.98. The molecule has 1 unspecified atom stereocenters. The van der Waals surface area contributed by atoms with E-state index in [4.69, 9.17) is 4.74 Å². The molecule has 1 N–H and O–H groups in total. The van der Waals surface area contributed by atoms with Crippen LogP contribution in [-0.4, -0.2) is 43.3 Å². The maximum absolute atomic E-state index is 11.6. The van der Waals surface area contributed by atoms with Crippen molar-refractivity contribution in [2.75, 3.05) is 26.7 Å². The number of amides is 1. The minimum absolute atomic E-state index is 0.0684. The Morgan fingerprint density at radius 2 is 2.36 bits per heavy atom. The normalized spacial score (nSPS) is 26.6. The van der Waals surface area contributed by atoms with Crippen LogP contribution in [0, 0.1) is 0 Å². The van der Waals surface area contributed by atoms with Gasteiger partial charge < -0.3 is 15.0 Å². The monoisotopic (exact) mass is 200 g/mol. The third-order valence-electron chi connectivity index (χ3n) is 2.79. The molecule has 0 saturated carbocycles. The molecule has 1 saturated heterocycles. The average molecular weight is 200 g/mol. The standard InChI is InChI=1S/C10H20N2O2/c1-4-14-9(13)12-7-5-6-10(12,2)8-11-3/h11H,4-8H2,1-3H3. The molecule has 0 spiro atoms. The summed E-state index contributed by atoms with van der Waals surface area (Å²) in [6.07, 6.45) is 1.94. The van der Waals surface area contributed by atoms with Crippen LogP contribution in [0.15, 0.2) is 0 Å². The van der Waals surface area contributed by atoms with Crippen molar-refractivity contribution in [3.63, 3.8) is 0 Å². The summed E-state index contributed by atoms with van der Waals surface area (Å²) in [6, 6.07) is 0. The number of hydrogen-bond donors (Lipinski definition) is 1. The molecule has 0 aromatic rings. The minimum atomic E-state index is -0.178. The van der Waals surface area contributed by atoms with Crippen LogP contribution in [0.5, 0.6) is 0 Å². The Balaban J connectivity index is 2.62. The summed E-state index contributed by atoms with van der Waals surface area (Å²) in [7, 11) is 1.91. The topological polar surface area (TPSA) is 41.6 Å². The molecule has 14 heavy (non-hydrogen) atoms. The van der Waals surface area contributed by atoms with E-state index in [2.05, 4.69) is 12.2 Å². The molecule has 4 heteroatoms. The first-order valence-electron chi connectivity index (χ1n) is 5.23. The van der Waals surface area contributed by atoms with Crippen LogP contribution in [-0.2, 0) is 4.74 Å². The molecule has 1 aliphatic heterocycles. The number of nitrogens with one attached hydrogen (secondary N) is 1. The molecule has 1 rings (SSSR count). The summed E-state index contributed by atoms with van der Waals surface area (Å²) in [5, 5.41) is 3.13. The van der Waals surface area contributed by atoms with E-state index in [0.717, 1.165) is 25.9 Å². The van der Waals surface area contributed by atoms with Crippen LogP contribution in [0.25, 0.3) is 0 Å². The molecule has 0 aliphatic carbocycles. The molecular formula is C10H20N2O2. The first-order chi connectivity index (χ1) is 6.64. The van der Waals surface area contributed by atoms with Gasteiger partial charge in [0.25, 0.3) is 0 Å². The molecule has 0 aromatic carbocycles. The quantitative estimate of drug-likeness (QED) is 0.744. The third-order valence-corrected chi connectivity index (χ3v) is 2.79. The zero-order chi connectivity index (χ0) is 10.6. The van der Waals surface area contributed by atoms with E-state index in [1.807, 2.05) is 18.9 Å². The predicted molar refractivity (Wildman–Crippen MR) is 55.3 cm³/mol. The molecule has 0 aromatic heterocycles. The van der Waals surface area contributed by atoms with Crippen molar-refractivity contribution in [2.45, 2.75) is 32.2 Å². The summed E-state index contributed by atoms with van der Waals surface area (Å²) in [4.78, 5) is 13.5. The molecule has 1 fully saturated rings. The smallest absolute Gasteiger partial charge is 0.410 e. The van der Waals surface area contributed by atoms with Crippen molar-refractivity contribution in [3.8, 4) is 0 Å².